The van der Waals surface area contributed by atoms with Gasteiger partial charge in [-0.1, -0.05) is 6.07 Å². The third-order valence-corrected chi connectivity index (χ3v) is 12.1. The molecule has 0 unspecified atom stereocenters. The van der Waals surface area contributed by atoms with Crippen molar-refractivity contribution >= 4 is 27.6 Å². The highest BCUT2D eigenvalue weighted by atomic mass is 32.2. The lowest BCUT2D eigenvalue weighted by Crippen LogP contribution is -2.41. The predicted octanol–water partition coefficient (Wildman–Crippen LogP) is 4.55. The number of rotatable bonds is 5. The second-order valence-electron chi connectivity index (χ2n) is 14.0. The number of nitrogens with one attached hydrogen (secondary N) is 2. The topological polar surface area (TPSA) is 131 Å². The fourth-order valence-corrected chi connectivity index (χ4v) is 9.48. The second-order valence-corrected chi connectivity index (χ2v) is 15.6. The number of amides is 1. The quantitative estimate of drug-likeness (QED) is 0.423. The van der Waals surface area contributed by atoms with E-state index in [9.17, 15) is 13.2 Å². The van der Waals surface area contributed by atoms with E-state index in [0.717, 1.165) is 31.6 Å². The highest BCUT2D eigenvalue weighted by Crippen LogP contribution is 2.93. The molecule has 3 aliphatic carbocycles. The van der Waals surface area contributed by atoms with Crippen molar-refractivity contribution in [1.82, 2.24) is 24.5 Å². The third-order valence-electron chi connectivity index (χ3n) is 10.9. The molecule has 3 aromatic heterocycles. The number of fused-ring (bicyclic) bond motifs is 7. The van der Waals surface area contributed by atoms with Crippen LogP contribution in [0.1, 0.15) is 75.6 Å². The van der Waals surface area contributed by atoms with Gasteiger partial charge in [0.1, 0.15) is 11.6 Å². The van der Waals surface area contributed by atoms with Gasteiger partial charge in [0.15, 0.2) is 10.8 Å². The monoisotopic (exact) mass is 617 g/mol. The normalized spacial score (nSPS) is 25.4. The number of anilines is 2. The molecule has 3 aromatic rings. The summed E-state index contributed by atoms with van der Waals surface area (Å²) in [4.78, 5) is 25.0. The van der Waals surface area contributed by atoms with Gasteiger partial charge in [-0.05, 0) is 112 Å². The molecule has 4 bridgehead atoms. The molecule has 11 nitrogen and oxygen atoms in total. The summed E-state index contributed by atoms with van der Waals surface area (Å²) in [6, 6.07) is 9.89. The molecule has 232 valence electrons. The molecular weight excluding hydrogens is 578 g/mol. The standard InChI is InChI=1S/C32H39N7O4S/c1-30(2)19-21-5-4-16-33-24-6-3-7-27(34-24)44(41,42)37-29(40)22-8-9-25(35-28(22)38(30)20-21)39-17-10-26(36-39)43-18-11-23-31(12-13-31)32(23)14-15-32/h3,6-10,17,21,23H,4-5,11-16,18-20H2,1-2H3,(H,33,34)(H,37,40)/t21-/m1/s1. The van der Waals surface area contributed by atoms with Crippen LogP contribution < -0.4 is 19.7 Å². The van der Waals surface area contributed by atoms with E-state index in [-0.39, 0.29) is 16.1 Å². The van der Waals surface area contributed by atoms with Crippen LogP contribution in [0.3, 0.4) is 0 Å². The van der Waals surface area contributed by atoms with Crippen molar-refractivity contribution in [3.05, 3.63) is 48.2 Å². The Morgan fingerprint density at radius 1 is 1.05 bits per heavy atom. The molecule has 0 radical (unpaired) electrons. The van der Waals surface area contributed by atoms with E-state index in [1.165, 1.54) is 31.7 Å². The van der Waals surface area contributed by atoms with Gasteiger partial charge < -0.3 is 15.0 Å². The zero-order valence-electron chi connectivity index (χ0n) is 25.3. The zero-order valence-corrected chi connectivity index (χ0v) is 26.1. The summed E-state index contributed by atoms with van der Waals surface area (Å²) in [5.41, 5.74) is 1.23. The van der Waals surface area contributed by atoms with E-state index in [1.54, 1.807) is 28.9 Å². The minimum atomic E-state index is -4.22. The number of carbonyl (C=O) groups excluding carboxylic acids is 1. The Balaban J connectivity index is 1.07. The molecule has 5 heterocycles. The third kappa shape index (κ3) is 4.55. The predicted molar refractivity (Wildman–Crippen MR) is 164 cm³/mol. The lowest BCUT2D eigenvalue weighted by Gasteiger charge is -2.34. The summed E-state index contributed by atoms with van der Waals surface area (Å²) in [5.74, 6) is 2.44. The van der Waals surface area contributed by atoms with Crippen molar-refractivity contribution < 1.29 is 17.9 Å². The van der Waals surface area contributed by atoms with Gasteiger partial charge in [-0.2, -0.15) is 8.42 Å². The minimum Gasteiger partial charge on any atom is -0.477 e. The summed E-state index contributed by atoms with van der Waals surface area (Å²) < 4.78 is 36.4. The van der Waals surface area contributed by atoms with Crippen molar-refractivity contribution in [2.24, 2.45) is 22.7 Å². The smallest absolute Gasteiger partial charge is 0.281 e. The number of hydrogen-bond donors (Lipinski definition) is 2. The van der Waals surface area contributed by atoms with Crippen molar-refractivity contribution in [3.63, 3.8) is 0 Å². The summed E-state index contributed by atoms with van der Waals surface area (Å²) in [5, 5.41) is 7.65. The maximum atomic E-state index is 13.6. The van der Waals surface area contributed by atoms with Crippen molar-refractivity contribution in [3.8, 4) is 11.7 Å². The molecule has 8 rings (SSSR count). The molecule has 5 aliphatic rings. The van der Waals surface area contributed by atoms with Gasteiger partial charge in [0.05, 0.1) is 12.2 Å². The number of pyridine rings is 2. The molecule has 1 saturated heterocycles. The molecular formula is C32H39N7O4S. The fraction of sp³-hybridized carbons (Fsp3) is 0.562. The van der Waals surface area contributed by atoms with E-state index in [4.69, 9.17) is 9.72 Å². The maximum absolute atomic E-state index is 13.6. The van der Waals surface area contributed by atoms with Crippen molar-refractivity contribution in [2.75, 3.05) is 29.9 Å². The van der Waals surface area contributed by atoms with Crippen LogP contribution in [0.15, 0.2) is 47.6 Å². The van der Waals surface area contributed by atoms with E-state index in [0.29, 0.717) is 59.8 Å². The Kier molecular flexibility index (Phi) is 6.12. The molecule has 3 saturated carbocycles. The summed E-state index contributed by atoms with van der Waals surface area (Å²) >= 11 is 0. The van der Waals surface area contributed by atoms with Crippen LogP contribution in [-0.2, 0) is 10.0 Å². The highest BCUT2D eigenvalue weighted by molar-refractivity contribution is 7.90. The van der Waals surface area contributed by atoms with Crippen LogP contribution in [0.2, 0.25) is 0 Å². The van der Waals surface area contributed by atoms with Crippen molar-refractivity contribution in [2.45, 2.75) is 75.8 Å². The molecule has 1 amide bonds. The number of sulfonamides is 1. The lowest BCUT2D eigenvalue weighted by atomic mass is 9.93. The number of nitrogens with zero attached hydrogens (tertiary/aromatic N) is 5. The second kappa shape index (κ2) is 9.66. The number of ether oxygens (including phenoxy) is 1. The van der Waals surface area contributed by atoms with Crippen LogP contribution in [0.5, 0.6) is 5.88 Å². The molecule has 2 spiro atoms. The van der Waals surface area contributed by atoms with Crippen LogP contribution >= 0.6 is 0 Å². The van der Waals surface area contributed by atoms with Crippen LogP contribution in [-0.4, -0.2) is 59.3 Å². The first-order valence-corrected chi connectivity index (χ1v) is 17.3. The molecule has 44 heavy (non-hydrogen) atoms. The van der Waals surface area contributed by atoms with Crippen LogP contribution in [0, 0.1) is 22.7 Å². The Labute approximate surface area is 257 Å². The van der Waals surface area contributed by atoms with E-state index in [1.807, 2.05) is 12.3 Å². The minimum absolute atomic E-state index is 0.186. The average Bonchev–Trinajstić information content (AvgIpc) is 3.94. The van der Waals surface area contributed by atoms with E-state index >= 15 is 0 Å². The number of carbonyl (C=O) groups is 1. The van der Waals surface area contributed by atoms with E-state index in [2.05, 4.69) is 38.9 Å². The first-order chi connectivity index (χ1) is 21.1. The zero-order chi connectivity index (χ0) is 30.3. The summed E-state index contributed by atoms with van der Waals surface area (Å²) in [6.45, 7) is 6.33. The van der Waals surface area contributed by atoms with Crippen LogP contribution in [0.25, 0.3) is 5.82 Å². The fourth-order valence-electron chi connectivity index (χ4n) is 8.55. The van der Waals surface area contributed by atoms with Crippen LogP contribution in [0.4, 0.5) is 11.6 Å². The Morgan fingerprint density at radius 3 is 2.61 bits per heavy atom. The van der Waals surface area contributed by atoms with Gasteiger partial charge in [0.25, 0.3) is 15.9 Å². The van der Waals surface area contributed by atoms with E-state index < -0.39 is 15.9 Å². The number of hydrogen-bond acceptors (Lipinski definition) is 9. The molecule has 0 aromatic carbocycles. The molecule has 2 aliphatic heterocycles. The van der Waals surface area contributed by atoms with Gasteiger partial charge in [-0.25, -0.2) is 19.4 Å². The van der Waals surface area contributed by atoms with Gasteiger partial charge in [-0.15, -0.1) is 5.10 Å². The average molecular weight is 618 g/mol. The number of aromatic nitrogens is 4. The molecule has 4 fully saturated rings. The Bertz CT molecular complexity index is 1730. The maximum Gasteiger partial charge on any atom is 0.281 e. The first kappa shape index (κ1) is 27.8. The van der Waals surface area contributed by atoms with Crippen molar-refractivity contribution in [1.29, 1.82) is 0 Å². The Hall–Kier alpha value is -3.67. The van der Waals surface area contributed by atoms with Gasteiger partial charge in [0, 0.05) is 30.9 Å². The van der Waals surface area contributed by atoms with Gasteiger partial charge in [0.2, 0.25) is 5.88 Å². The first-order valence-electron chi connectivity index (χ1n) is 15.9. The molecule has 12 heteroatoms. The molecule has 1 atom stereocenters. The SMILES string of the molecule is CC1(C)C[C@H]2CCCNc3cccc(n3)S(=O)(=O)NC(=O)c3ccc(-n4ccc(OCCC5C6(CC6)C56CC6)n4)nc3N1C2. The molecule has 2 N–H and O–H groups in total. The Morgan fingerprint density at radius 2 is 1.84 bits per heavy atom. The largest absolute Gasteiger partial charge is 0.477 e. The van der Waals surface area contributed by atoms with Gasteiger partial charge in [-0.3, -0.25) is 4.79 Å². The van der Waals surface area contributed by atoms with Gasteiger partial charge >= 0.3 is 0 Å². The summed E-state index contributed by atoms with van der Waals surface area (Å²) in [7, 11) is -4.22. The highest BCUT2D eigenvalue weighted by Gasteiger charge is 2.85. The lowest BCUT2D eigenvalue weighted by molar-refractivity contribution is 0.0981. The summed E-state index contributed by atoms with van der Waals surface area (Å²) in [6.07, 6.45) is 11.3.